The Morgan fingerprint density at radius 2 is 1.90 bits per heavy atom. The number of halogens is 1. The third-order valence-electron chi connectivity index (χ3n) is 3.66. The van der Waals surface area contributed by atoms with E-state index < -0.39 is 20.6 Å². The van der Waals surface area contributed by atoms with Gasteiger partial charge >= 0.3 is 0 Å². The molecule has 3 aromatic rings. The van der Waals surface area contributed by atoms with Crippen molar-refractivity contribution in [1.29, 1.82) is 0 Å². The summed E-state index contributed by atoms with van der Waals surface area (Å²) in [6.45, 7) is 0. The predicted molar refractivity (Wildman–Crippen MR) is 111 cm³/mol. The number of nitro groups is 1. The van der Waals surface area contributed by atoms with E-state index in [1.165, 1.54) is 42.6 Å². The van der Waals surface area contributed by atoms with Gasteiger partial charge in [-0.05, 0) is 42.5 Å². The van der Waals surface area contributed by atoms with Gasteiger partial charge in [-0.15, -0.1) is 0 Å². The van der Waals surface area contributed by atoms with Crippen LogP contribution in [0.25, 0.3) is 0 Å². The Labute approximate surface area is 171 Å². The maximum absolute atomic E-state index is 12.5. The van der Waals surface area contributed by atoms with Crippen LogP contribution in [-0.4, -0.2) is 24.5 Å². The number of hydrazone groups is 1. The van der Waals surface area contributed by atoms with E-state index >= 15 is 0 Å². The number of nitro benzene ring substituents is 1. The lowest BCUT2D eigenvalue weighted by Crippen LogP contribution is -2.13. The molecule has 3 rings (SSSR count). The lowest BCUT2D eigenvalue weighted by molar-refractivity contribution is -0.384. The van der Waals surface area contributed by atoms with Crippen LogP contribution in [0, 0.1) is 10.1 Å². The van der Waals surface area contributed by atoms with Crippen molar-refractivity contribution in [1.82, 2.24) is 4.98 Å². The number of pyridine rings is 1. The average molecular weight is 432 g/mol. The van der Waals surface area contributed by atoms with E-state index in [0.29, 0.717) is 10.6 Å². The quantitative estimate of drug-likeness (QED) is 0.332. The molecule has 0 saturated heterocycles. The van der Waals surface area contributed by atoms with Crippen LogP contribution in [0.1, 0.15) is 5.56 Å². The number of sulfonamides is 1. The van der Waals surface area contributed by atoms with Crippen molar-refractivity contribution in [2.45, 2.75) is 4.90 Å². The van der Waals surface area contributed by atoms with Gasteiger partial charge in [-0.3, -0.25) is 25.2 Å². The third kappa shape index (κ3) is 5.27. The van der Waals surface area contributed by atoms with E-state index in [2.05, 4.69) is 20.2 Å². The van der Waals surface area contributed by atoms with E-state index in [4.69, 9.17) is 11.6 Å². The van der Waals surface area contributed by atoms with Crippen molar-refractivity contribution in [3.63, 3.8) is 0 Å². The number of aromatic nitrogens is 1. The molecule has 0 unspecified atom stereocenters. The minimum Gasteiger partial charge on any atom is -0.280 e. The number of hydrogen-bond acceptors (Lipinski definition) is 7. The molecule has 29 heavy (non-hydrogen) atoms. The molecule has 1 heterocycles. The monoisotopic (exact) mass is 431 g/mol. The second kappa shape index (κ2) is 8.67. The molecule has 0 radical (unpaired) electrons. The first-order valence-corrected chi connectivity index (χ1v) is 9.97. The van der Waals surface area contributed by atoms with Crippen molar-refractivity contribution in [2.75, 3.05) is 10.1 Å². The molecule has 11 heteroatoms. The minimum absolute atomic E-state index is 0.0422. The molecule has 9 nitrogen and oxygen atoms in total. The van der Waals surface area contributed by atoms with Gasteiger partial charge in [-0.1, -0.05) is 17.7 Å². The van der Waals surface area contributed by atoms with Crippen LogP contribution < -0.4 is 10.1 Å². The van der Waals surface area contributed by atoms with Gasteiger partial charge in [0, 0.05) is 34.7 Å². The molecule has 2 N–H and O–H groups in total. The topological polar surface area (TPSA) is 127 Å². The number of nitrogens with zero attached hydrogens (tertiary/aromatic N) is 3. The fourth-order valence-electron chi connectivity index (χ4n) is 2.28. The highest BCUT2D eigenvalue weighted by atomic mass is 35.5. The van der Waals surface area contributed by atoms with Crippen LogP contribution in [0.5, 0.6) is 0 Å². The molecule has 2 aromatic carbocycles. The van der Waals surface area contributed by atoms with Crippen LogP contribution in [0.15, 0.2) is 77.0 Å². The Bertz CT molecular complexity index is 1150. The number of rotatable bonds is 7. The van der Waals surface area contributed by atoms with Gasteiger partial charge in [0.05, 0.1) is 16.0 Å². The molecule has 0 atom stereocenters. The molecule has 0 spiro atoms. The van der Waals surface area contributed by atoms with Crippen LogP contribution in [0.3, 0.4) is 0 Å². The van der Waals surface area contributed by atoms with E-state index in [-0.39, 0.29) is 16.3 Å². The largest absolute Gasteiger partial charge is 0.295 e. The zero-order valence-electron chi connectivity index (χ0n) is 14.7. The molecular formula is C18H14ClN5O4S. The highest BCUT2D eigenvalue weighted by Crippen LogP contribution is 2.28. The summed E-state index contributed by atoms with van der Waals surface area (Å²) in [7, 11) is -4.03. The van der Waals surface area contributed by atoms with Gasteiger partial charge in [0.25, 0.3) is 15.7 Å². The Hall–Kier alpha value is -3.50. The van der Waals surface area contributed by atoms with E-state index in [0.717, 1.165) is 6.07 Å². The molecule has 0 aliphatic carbocycles. The Kier molecular flexibility index (Phi) is 6.05. The minimum atomic E-state index is -4.03. The highest BCUT2D eigenvalue weighted by Gasteiger charge is 2.21. The lowest BCUT2D eigenvalue weighted by atomic mass is 10.3. The standard InChI is InChI=1S/C18H14ClN5O4S/c19-14-3-5-15(6-4-14)23-29(27,28)16-7-8-17(18(10-16)24(25)26)22-21-12-13-2-1-9-20-11-13/h1-12,22-23H/b21-12+. The number of benzene rings is 2. The molecule has 0 aliphatic heterocycles. The van der Waals surface area contributed by atoms with Crippen LogP contribution in [-0.2, 0) is 10.0 Å². The summed E-state index contributed by atoms with van der Waals surface area (Å²) in [6.07, 6.45) is 4.61. The molecule has 0 fully saturated rings. The molecule has 1 aromatic heterocycles. The van der Waals surface area contributed by atoms with E-state index in [1.807, 2.05) is 0 Å². The first-order valence-electron chi connectivity index (χ1n) is 8.11. The molecular weight excluding hydrogens is 418 g/mol. The zero-order chi connectivity index (χ0) is 20.9. The second-order valence-corrected chi connectivity index (χ2v) is 7.82. The van der Waals surface area contributed by atoms with E-state index in [1.54, 1.807) is 24.5 Å². The SMILES string of the molecule is O=[N+]([O-])c1cc(S(=O)(=O)Nc2ccc(Cl)cc2)ccc1N/N=C/c1cccnc1. The van der Waals surface area contributed by atoms with Crippen molar-refractivity contribution >= 4 is 44.9 Å². The first kappa shape index (κ1) is 20.2. The molecule has 0 amide bonds. The average Bonchev–Trinajstić information content (AvgIpc) is 2.70. The van der Waals surface area contributed by atoms with Gasteiger partial charge < -0.3 is 0 Å². The summed E-state index contributed by atoms with van der Waals surface area (Å²) in [5.41, 5.74) is 3.12. The fourth-order valence-corrected chi connectivity index (χ4v) is 3.49. The van der Waals surface area contributed by atoms with Gasteiger partial charge in [0.1, 0.15) is 5.69 Å². The van der Waals surface area contributed by atoms with E-state index in [9.17, 15) is 18.5 Å². The summed E-state index contributed by atoms with van der Waals surface area (Å²) in [4.78, 5) is 14.4. The van der Waals surface area contributed by atoms with Crippen molar-refractivity contribution in [3.8, 4) is 0 Å². The molecule has 0 bridgehead atoms. The number of hydrogen-bond donors (Lipinski definition) is 2. The maximum Gasteiger partial charge on any atom is 0.295 e. The summed E-state index contributed by atoms with van der Waals surface area (Å²) >= 11 is 5.78. The van der Waals surface area contributed by atoms with Crippen LogP contribution in [0.4, 0.5) is 17.1 Å². The van der Waals surface area contributed by atoms with Gasteiger partial charge in [-0.2, -0.15) is 5.10 Å². The van der Waals surface area contributed by atoms with Crippen molar-refractivity contribution in [2.24, 2.45) is 5.10 Å². The lowest BCUT2D eigenvalue weighted by Gasteiger charge is -2.09. The summed E-state index contributed by atoms with van der Waals surface area (Å²) in [6, 6.07) is 13.0. The number of anilines is 2. The van der Waals surface area contributed by atoms with Gasteiger partial charge in [-0.25, -0.2) is 8.42 Å². The third-order valence-corrected chi connectivity index (χ3v) is 5.29. The molecule has 0 aliphatic rings. The fraction of sp³-hybridized carbons (Fsp3) is 0. The first-order chi connectivity index (χ1) is 13.8. The number of nitrogens with one attached hydrogen (secondary N) is 2. The molecule has 148 valence electrons. The van der Waals surface area contributed by atoms with Crippen molar-refractivity contribution in [3.05, 3.63) is 87.7 Å². The second-order valence-electron chi connectivity index (χ2n) is 5.70. The summed E-state index contributed by atoms with van der Waals surface area (Å²) in [5.74, 6) is 0. The summed E-state index contributed by atoms with van der Waals surface area (Å²) < 4.78 is 27.4. The highest BCUT2D eigenvalue weighted by molar-refractivity contribution is 7.92. The van der Waals surface area contributed by atoms with Crippen molar-refractivity contribution < 1.29 is 13.3 Å². The zero-order valence-corrected chi connectivity index (χ0v) is 16.3. The van der Waals surface area contributed by atoms with Crippen LogP contribution >= 0.6 is 11.6 Å². The van der Waals surface area contributed by atoms with Gasteiger partial charge in [0.2, 0.25) is 0 Å². The Morgan fingerprint density at radius 1 is 1.14 bits per heavy atom. The normalized spacial score (nSPS) is 11.3. The van der Waals surface area contributed by atoms with Gasteiger partial charge in [0.15, 0.2) is 0 Å². The maximum atomic E-state index is 12.5. The molecule has 0 saturated carbocycles. The predicted octanol–water partition coefficient (Wildman–Crippen LogP) is 3.89. The van der Waals surface area contributed by atoms with Crippen LogP contribution in [0.2, 0.25) is 5.02 Å². The Balaban J connectivity index is 1.84. The smallest absolute Gasteiger partial charge is 0.280 e. The Morgan fingerprint density at radius 3 is 2.55 bits per heavy atom. The summed E-state index contributed by atoms with van der Waals surface area (Å²) in [5, 5.41) is 15.8.